The molecule has 1 aliphatic heterocycles. The van der Waals surface area contributed by atoms with Crippen LogP contribution in [0.4, 0.5) is 0 Å². The van der Waals surface area contributed by atoms with E-state index >= 15 is 0 Å². The molecule has 1 saturated heterocycles. The second kappa shape index (κ2) is 4.84. The fraction of sp³-hybridized carbons (Fsp3) is 0.923. The number of carbonyl (C=O) groups is 1. The largest absolute Gasteiger partial charge is 0.381 e. The van der Waals surface area contributed by atoms with Crippen LogP contribution in [-0.2, 0) is 14.3 Å². The first kappa shape index (κ1) is 12.1. The zero-order valence-corrected chi connectivity index (χ0v) is 10.3. The van der Waals surface area contributed by atoms with Gasteiger partial charge in [-0.3, -0.25) is 4.79 Å². The molecule has 0 aromatic rings. The highest BCUT2D eigenvalue weighted by Crippen LogP contribution is 2.38. The smallest absolute Gasteiger partial charge is 0.170 e. The zero-order valence-electron chi connectivity index (χ0n) is 10.3. The minimum atomic E-state index is -0.504. The molecule has 0 aromatic carbocycles. The van der Waals surface area contributed by atoms with Crippen molar-refractivity contribution in [1.29, 1.82) is 0 Å². The lowest BCUT2D eigenvalue weighted by Crippen LogP contribution is -2.47. The van der Waals surface area contributed by atoms with Gasteiger partial charge in [0.1, 0.15) is 5.60 Å². The summed E-state index contributed by atoms with van der Waals surface area (Å²) in [4.78, 5) is 12.5. The Morgan fingerprint density at radius 3 is 2.81 bits per heavy atom. The van der Waals surface area contributed by atoms with Crippen LogP contribution in [0, 0.1) is 11.8 Å². The maximum atomic E-state index is 12.5. The minimum absolute atomic E-state index is 0.0743. The van der Waals surface area contributed by atoms with Gasteiger partial charge in [0, 0.05) is 19.6 Å². The number of hydrogen-bond donors (Lipinski definition) is 0. The Labute approximate surface area is 97.5 Å². The predicted molar refractivity (Wildman–Crippen MR) is 61.3 cm³/mol. The Morgan fingerprint density at radius 2 is 2.25 bits per heavy atom. The predicted octanol–water partition coefficient (Wildman–Crippen LogP) is 2.19. The van der Waals surface area contributed by atoms with Crippen LogP contribution < -0.4 is 0 Å². The van der Waals surface area contributed by atoms with Gasteiger partial charge in [0.15, 0.2) is 5.78 Å². The molecule has 3 heteroatoms. The average Bonchev–Trinajstić information content (AvgIpc) is 2.81. The molecular formula is C13H22O3. The standard InChI is InChI=1S/C13H22O3/c1-10-4-3-6-13(8-10,15-2)12(14)11-5-7-16-9-11/h10-11H,3-9H2,1-2H3. The third-order valence-electron chi connectivity index (χ3n) is 4.10. The highest BCUT2D eigenvalue weighted by molar-refractivity contribution is 5.90. The van der Waals surface area contributed by atoms with Crippen LogP contribution in [-0.4, -0.2) is 31.7 Å². The van der Waals surface area contributed by atoms with E-state index < -0.39 is 5.60 Å². The van der Waals surface area contributed by atoms with Gasteiger partial charge in [-0.1, -0.05) is 13.3 Å². The number of carbonyl (C=O) groups excluding carboxylic acids is 1. The summed E-state index contributed by atoms with van der Waals surface area (Å²) < 4.78 is 10.9. The molecule has 2 aliphatic rings. The number of rotatable bonds is 3. The van der Waals surface area contributed by atoms with Crippen LogP contribution >= 0.6 is 0 Å². The van der Waals surface area contributed by atoms with Gasteiger partial charge in [-0.2, -0.15) is 0 Å². The SMILES string of the molecule is COC1(C(=O)C2CCOC2)CCCC(C)C1. The van der Waals surface area contributed by atoms with Crippen molar-refractivity contribution in [2.75, 3.05) is 20.3 Å². The Bertz CT molecular complexity index is 258. The first-order chi connectivity index (χ1) is 7.68. The molecule has 0 aromatic heterocycles. The number of ether oxygens (including phenoxy) is 2. The topological polar surface area (TPSA) is 35.5 Å². The van der Waals surface area contributed by atoms with Gasteiger partial charge in [-0.05, 0) is 31.6 Å². The lowest BCUT2D eigenvalue weighted by Gasteiger charge is -2.38. The van der Waals surface area contributed by atoms with Gasteiger partial charge in [0.25, 0.3) is 0 Å². The average molecular weight is 226 g/mol. The Balaban J connectivity index is 2.09. The van der Waals surface area contributed by atoms with Crippen molar-refractivity contribution in [3.05, 3.63) is 0 Å². The number of methoxy groups -OCH3 is 1. The van der Waals surface area contributed by atoms with Crippen molar-refractivity contribution in [3.8, 4) is 0 Å². The molecule has 0 amide bonds. The van der Waals surface area contributed by atoms with Crippen molar-refractivity contribution in [3.63, 3.8) is 0 Å². The van der Waals surface area contributed by atoms with Crippen LogP contribution in [0.1, 0.15) is 39.0 Å². The van der Waals surface area contributed by atoms with Crippen LogP contribution in [0.5, 0.6) is 0 Å². The molecule has 3 atom stereocenters. The van der Waals surface area contributed by atoms with E-state index in [4.69, 9.17) is 9.47 Å². The van der Waals surface area contributed by atoms with E-state index in [1.54, 1.807) is 7.11 Å². The summed E-state index contributed by atoms with van der Waals surface area (Å²) in [7, 11) is 1.69. The van der Waals surface area contributed by atoms with Gasteiger partial charge < -0.3 is 9.47 Å². The maximum absolute atomic E-state index is 12.5. The molecule has 1 heterocycles. The minimum Gasteiger partial charge on any atom is -0.381 e. The van der Waals surface area contributed by atoms with E-state index in [2.05, 4.69) is 6.92 Å². The van der Waals surface area contributed by atoms with Crippen LogP contribution in [0.25, 0.3) is 0 Å². The molecule has 0 spiro atoms. The summed E-state index contributed by atoms with van der Waals surface area (Å²) in [6.07, 6.45) is 4.98. The number of ketones is 1. The van der Waals surface area contributed by atoms with Crippen LogP contribution in [0.15, 0.2) is 0 Å². The molecular weight excluding hydrogens is 204 g/mol. The fourth-order valence-corrected chi connectivity index (χ4v) is 3.13. The Hall–Kier alpha value is -0.410. The summed E-state index contributed by atoms with van der Waals surface area (Å²) >= 11 is 0. The van der Waals surface area contributed by atoms with Crippen molar-refractivity contribution in [2.45, 2.75) is 44.6 Å². The Kier molecular flexibility index (Phi) is 3.65. The molecule has 0 bridgehead atoms. The van der Waals surface area contributed by atoms with Gasteiger partial charge >= 0.3 is 0 Å². The van der Waals surface area contributed by atoms with Crippen molar-refractivity contribution < 1.29 is 14.3 Å². The summed E-state index contributed by atoms with van der Waals surface area (Å²) in [6, 6.07) is 0. The van der Waals surface area contributed by atoms with Crippen LogP contribution in [0.3, 0.4) is 0 Å². The Morgan fingerprint density at radius 1 is 1.44 bits per heavy atom. The van der Waals surface area contributed by atoms with E-state index in [-0.39, 0.29) is 5.92 Å². The highest BCUT2D eigenvalue weighted by atomic mass is 16.5. The molecule has 3 unspecified atom stereocenters. The lowest BCUT2D eigenvalue weighted by atomic mass is 9.73. The van der Waals surface area contributed by atoms with E-state index in [0.29, 0.717) is 18.3 Å². The van der Waals surface area contributed by atoms with E-state index in [9.17, 15) is 4.79 Å². The second-order valence-electron chi connectivity index (χ2n) is 5.32. The third-order valence-corrected chi connectivity index (χ3v) is 4.10. The molecule has 2 rings (SSSR count). The van der Waals surface area contributed by atoms with E-state index in [1.165, 1.54) is 6.42 Å². The lowest BCUT2D eigenvalue weighted by molar-refractivity contribution is -0.151. The molecule has 3 nitrogen and oxygen atoms in total. The number of hydrogen-bond acceptors (Lipinski definition) is 3. The zero-order chi connectivity index (χ0) is 11.6. The highest BCUT2D eigenvalue weighted by Gasteiger charge is 2.45. The summed E-state index contributed by atoms with van der Waals surface area (Å²) in [5.41, 5.74) is -0.504. The van der Waals surface area contributed by atoms with Gasteiger partial charge in [0.2, 0.25) is 0 Å². The van der Waals surface area contributed by atoms with Crippen molar-refractivity contribution >= 4 is 5.78 Å². The maximum Gasteiger partial charge on any atom is 0.170 e. The van der Waals surface area contributed by atoms with Crippen molar-refractivity contribution in [1.82, 2.24) is 0 Å². The molecule has 0 N–H and O–H groups in total. The first-order valence-electron chi connectivity index (χ1n) is 6.35. The van der Waals surface area contributed by atoms with Gasteiger partial charge in [-0.15, -0.1) is 0 Å². The fourth-order valence-electron chi connectivity index (χ4n) is 3.13. The number of Topliss-reactive ketones (excluding diaryl/α,β-unsaturated/α-hetero) is 1. The third kappa shape index (κ3) is 2.16. The molecule has 1 aliphatic carbocycles. The normalized spacial score (nSPS) is 39.9. The first-order valence-corrected chi connectivity index (χ1v) is 6.35. The van der Waals surface area contributed by atoms with Gasteiger partial charge in [0.05, 0.1) is 6.61 Å². The molecule has 2 fully saturated rings. The van der Waals surface area contributed by atoms with Crippen molar-refractivity contribution in [2.24, 2.45) is 11.8 Å². The second-order valence-corrected chi connectivity index (χ2v) is 5.32. The summed E-state index contributed by atoms with van der Waals surface area (Å²) in [6.45, 7) is 3.54. The molecule has 1 saturated carbocycles. The quantitative estimate of drug-likeness (QED) is 0.740. The molecule has 92 valence electrons. The summed E-state index contributed by atoms with van der Waals surface area (Å²) in [5, 5.41) is 0. The van der Waals surface area contributed by atoms with E-state index in [0.717, 1.165) is 32.3 Å². The van der Waals surface area contributed by atoms with Gasteiger partial charge in [-0.25, -0.2) is 0 Å². The van der Waals surface area contributed by atoms with E-state index in [1.807, 2.05) is 0 Å². The molecule has 16 heavy (non-hydrogen) atoms. The van der Waals surface area contributed by atoms with Crippen LogP contribution in [0.2, 0.25) is 0 Å². The molecule has 0 radical (unpaired) electrons. The monoisotopic (exact) mass is 226 g/mol. The summed E-state index contributed by atoms with van der Waals surface area (Å²) in [5.74, 6) is 0.962.